The van der Waals surface area contributed by atoms with E-state index >= 15 is 0 Å². The number of carbonyl (C=O) groups excluding carboxylic acids is 2. The Kier molecular flexibility index (Phi) is 6.26. The highest BCUT2D eigenvalue weighted by molar-refractivity contribution is 6.39. The molecule has 0 unspecified atom stereocenters. The second kappa shape index (κ2) is 9.53. The lowest BCUT2D eigenvalue weighted by molar-refractivity contribution is 0.110. The molecule has 2 aromatic carbocycles. The van der Waals surface area contributed by atoms with Gasteiger partial charge in [0, 0.05) is 29.3 Å². The fourth-order valence-electron chi connectivity index (χ4n) is 4.08. The van der Waals surface area contributed by atoms with E-state index in [0.29, 0.717) is 73.3 Å². The summed E-state index contributed by atoms with van der Waals surface area (Å²) in [5.74, 6) is 0.516. The molecule has 9 heteroatoms. The SMILES string of the molecule is COc1nc(-c2cccc(-c3cccc(-c4ccc5c(n4)nc(C=O)n5C)c3Cl)c2Cl)ccc1C=O. The highest BCUT2D eigenvalue weighted by Gasteiger charge is 2.18. The molecule has 0 spiro atoms. The number of fused-ring (bicyclic) bond motifs is 1. The second-order valence-corrected chi connectivity index (χ2v) is 8.69. The molecule has 0 saturated carbocycles. The largest absolute Gasteiger partial charge is 0.480 e. The Labute approximate surface area is 216 Å². The Morgan fingerprint density at radius 3 is 1.92 bits per heavy atom. The maximum Gasteiger partial charge on any atom is 0.224 e. The summed E-state index contributed by atoms with van der Waals surface area (Å²) < 4.78 is 6.93. The van der Waals surface area contributed by atoms with E-state index in [1.54, 1.807) is 23.7 Å². The number of carbonyl (C=O) groups is 2. The van der Waals surface area contributed by atoms with Crippen molar-refractivity contribution in [3.05, 3.63) is 82.1 Å². The van der Waals surface area contributed by atoms with Gasteiger partial charge in [-0.2, -0.15) is 0 Å². The third kappa shape index (κ3) is 3.92. The van der Waals surface area contributed by atoms with Gasteiger partial charge in [0.05, 0.1) is 39.6 Å². The van der Waals surface area contributed by atoms with E-state index in [1.807, 2.05) is 48.5 Å². The molecule has 7 nitrogen and oxygen atoms in total. The summed E-state index contributed by atoms with van der Waals surface area (Å²) in [6.45, 7) is 0. The molecule has 178 valence electrons. The molecule has 3 heterocycles. The Morgan fingerprint density at radius 1 is 0.750 bits per heavy atom. The fourth-order valence-corrected chi connectivity index (χ4v) is 4.73. The molecule has 0 aliphatic rings. The summed E-state index contributed by atoms with van der Waals surface area (Å²) in [4.78, 5) is 35.9. The third-order valence-electron chi connectivity index (χ3n) is 5.93. The van der Waals surface area contributed by atoms with Crippen LogP contribution >= 0.6 is 23.2 Å². The summed E-state index contributed by atoms with van der Waals surface area (Å²) in [6, 6.07) is 18.3. The lowest BCUT2D eigenvalue weighted by Crippen LogP contribution is -1.96. The van der Waals surface area contributed by atoms with Gasteiger partial charge in [0.25, 0.3) is 0 Å². The van der Waals surface area contributed by atoms with Gasteiger partial charge in [-0.15, -0.1) is 0 Å². The van der Waals surface area contributed by atoms with Gasteiger partial charge in [0.1, 0.15) is 0 Å². The number of methoxy groups -OCH3 is 1. The minimum absolute atomic E-state index is 0.220. The van der Waals surface area contributed by atoms with E-state index in [2.05, 4.69) is 15.0 Å². The number of halogens is 2. The average Bonchev–Trinajstić information content (AvgIpc) is 3.23. The highest BCUT2D eigenvalue weighted by atomic mass is 35.5. The van der Waals surface area contributed by atoms with Gasteiger partial charge in [-0.25, -0.2) is 15.0 Å². The smallest absolute Gasteiger partial charge is 0.224 e. The number of hydrogen-bond donors (Lipinski definition) is 0. The zero-order chi connectivity index (χ0) is 25.4. The maximum atomic E-state index is 11.3. The zero-order valence-corrected chi connectivity index (χ0v) is 20.7. The number of aldehydes is 2. The number of nitrogens with zero attached hydrogens (tertiary/aromatic N) is 4. The number of pyridine rings is 2. The molecule has 0 fully saturated rings. The summed E-state index contributed by atoms with van der Waals surface area (Å²) in [5, 5.41) is 0.922. The number of aryl methyl sites for hydroxylation is 1. The van der Waals surface area contributed by atoms with Gasteiger partial charge < -0.3 is 9.30 Å². The van der Waals surface area contributed by atoms with E-state index in [0.717, 1.165) is 5.52 Å². The number of aromatic nitrogens is 4. The molecule has 5 aromatic rings. The molecule has 0 saturated heterocycles. The summed E-state index contributed by atoms with van der Waals surface area (Å²) in [6.07, 6.45) is 1.38. The Bertz CT molecular complexity index is 1660. The van der Waals surface area contributed by atoms with E-state index in [1.165, 1.54) is 7.11 Å². The number of benzene rings is 2. The van der Waals surface area contributed by atoms with Crippen molar-refractivity contribution >= 4 is 46.9 Å². The lowest BCUT2D eigenvalue weighted by atomic mass is 9.98. The molecule has 36 heavy (non-hydrogen) atoms. The van der Waals surface area contributed by atoms with Crippen molar-refractivity contribution in [2.24, 2.45) is 7.05 Å². The van der Waals surface area contributed by atoms with Crippen LogP contribution in [0.1, 0.15) is 21.0 Å². The van der Waals surface area contributed by atoms with Crippen molar-refractivity contribution in [2.45, 2.75) is 0 Å². The maximum absolute atomic E-state index is 11.3. The quantitative estimate of drug-likeness (QED) is 0.246. The van der Waals surface area contributed by atoms with Gasteiger partial charge in [0.2, 0.25) is 5.88 Å². The van der Waals surface area contributed by atoms with E-state index in [-0.39, 0.29) is 5.88 Å². The summed E-state index contributed by atoms with van der Waals surface area (Å²) >= 11 is 13.8. The summed E-state index contributed by atoms with van der Waals surface area (Å²) in [5.41, 5.74) is 5.52. The molecule has 0 radical (unpaired) electrons. The van der Waals surface area contributed by atoms with E-state index in [9.17, 15) is 9.59 Å². The molecule has 0 atom stereocenters. The van der Waals surface area contributed by atoms with Crippen LogP contribution in [0.25, 0.3) is 44.8 Å². The molecular weight excluding hydrogens is 499 g/mol. The fraction of sp³-hybridized carbons (Fsp3) is 0.0741. The van der Waals surface area contributed by atoms with Crippen LogP contribution in [0.4, 0.5) is 0 Å². The minimum Gasteiger partial charge on any atom is -0.480 e. The second-order valence-electron chi connectivity index (χ2n) is 7.93. The van der Waals surface area contributed by atoms with Crippen LogP contribution in [-0.2, 0) is 7.05 Å². The van der Waals surface area contributed by atoms with Crippen LogP contribution < -0.4 is 4.74 Å². The van der Waals surface area contributed by atoms with Crippen LogP contribution in [0, 0.1) is 0 Å². The van der Waals surface area contributed by atoms with Crippen molar-refractivity contribution in [1.29, 1.82) is 0 Å². The van der Waals surface area contributed by atoms with Crippen LogP contribution in [0.15, 0.2) is 60.7 Å². The van der Waals surface area contributed by atoms with Crippen molar-refractivity contribution in [3.8, 4) is 39.5 Å². The van der Waals surface area contributed by atoms with Gasteiger partial charge in [-0.3, -0.25) is 9.59 Å². The third-order valence-corrected chi connectivity index (χ3v) is 6.75. The molecule has 0 aliphatic heterocycles. The average molecular weight is 517 g/mol. The zero-order valence-electron chi connectivity index (χ0n) is 19.2. The van der Waals surface area contributed by atoms with Crippen LogP contribution in [0.3, 0.4) is 0 Å². The van der Waals surface area contributed by atoms with Crippen LogP contribution in [0.2, 0.25) is 10.0 Å². The number of imidazole rings is 1. The minimum atomic E-state index is 0.220. The van der Waals surface area contributed by atoms with Crippen LogP contribution in [-0.4, -0.2) is 39.2 Å². The molecule has 0 amide bonds. The van der Waals surface area contributed by atoms with E-state index in [4.69, 9.17) is 27.9 Å². The van der Waals surface area contributed by atoms with Gasteiger partial charge in [0.15, 0.2) is 24.0 Å². The lowest BCUT2D eigenvalue weighted by Gasteiger charge is -2.14. The Hall–Kier alpha value is -4.07. The van der Waals surface area contributed by atoms with Gasteiger partial charge in [-0.1, -0.05) is 59.6 Å². The molecular formula is C27H18Cl2N4O3. The standard InChI is InChI=1S/C27H18Cl2N4O3/c1-33-22-12-11-20(30-26(22)32-23(33)14-35)18-7-3-5-16(24(18)28)17-6-4-8-19(25(17)29)21-10-9-15(13-34)27(31-21)36-2/h3-14H,1-2H3. The predicted molar refractivity (Wildman–Crippen MR) is 140 cm³/mol. The summed E-state index contributed by atoms with van der Waals surface area (Å²) in [7, 11) is 3.22. The first-order valence-electron chi connectivity index (χ1n) is 10.8. The van der Waals surface area contributed by atoms with Crippen molar-refractivity contribution in [1.82, 2.24) is 19.5 Å². The molecule has 3 aromatic heterocycles. The van der Waals surface area contributed by atoms with Gasteiger partial charge in [-0.05, 0) is 24.3 Å². The molecule has 5 rings (SSSR count). The first-order valence-corrected chi connectivity index (χ1v) is 11.6. The molecule has 0 N–H and O–H groups in total. The van der Waals surface area contributed by atoms with E-state index < -0.39 is 0 Å². The Balaban J connectivity index is 1.62. The molecule has 0 aliphatic carbocycles. The number of ether oxygens (including phenoxy) is 1. The van der Waals surface area contributed by atoms with Gasteiger partial charge >= 0.3 is 0 Å². The van der Waals surface area contributed by atoms with Crippen molar-refractivity contribution in [2.75, 3.05) is 7.11 Å². The highest BCUT2D eigenvalue weighted by Crippen LogP contribution is 2.42. The van der Waals surface area contributed by atoms with Crippen LogP contribution in [0.5, 0.6) is 5.88 Å². The first kappa shape index (κ1) is 23.7. The monoisotopic (exact) mass is 516 g/mol. The van der Waals surface area contributed by atoms with Crippen molar-refractivity contribution < 1.29 is 14.3 Å². The number of rotatable bonds is 6. The normalized spacial score (nSPS) is 11.0. The molecule has 0 bridgehead atoms. The predicted octanol–water partition coefficient (Wildman–Crippen LogP) is 6.30. The van der Waals surface area contributed by atoms with Crippen molar-refractivity contribution in [3.63, 3.8) is 0 Å². The number of hydrogen-bond acceptors (Lipinski definition) is 6. The Morgan fingerprint density at radius 2 is 1.33 bits per heavy atom. The topological polar surface area (TPSA) is 87.0 Å². The first-order chi connectivity index (χ1) is 17.5.